The Hall–Kier alpha value is -0.400. The number of halogens is 2. The number of hydrogen-bond donors (Lipinski definition) is 1. The number of hydrogen-bond acceptors (Lipinski definition) is 6. The molecule has 0 spiro atoms. The second-order valence-corrected chi connectivity index (χ2v) is 8.68. The maximum atomic E-state index is 12.6. The number of Topliss-reactive ketones (excluding diaryl/α,β-unsaturated/α-hetero) is 1. The molecule has 1 heterocycles. The Kier molecular flexibility index (Phi) is 9.29. The Balaban J connectivity index is 1.93. The summed E-state index contributed by atoms with van der Waals surface area (Å²) in [6, 6.07) is 0.656. The van der Waals surface area contributed by atoms with Crippen LogP contribution in [0.2, 0.25) is 0 Å². The van der Waals surface area contributed by atoms with Crippen LogP contribution in [0.5, 0.6) is 0 Å². The predicted octanol–water partition coefficient (Wildman–Crippen LogP) is 0.552. The van der Waals surface area contributed by atoms with Crippen LogP contribution in [0.3, 0.4) is 0 Å². The number of aliphatic carboxylic acids is 1. The van der Waals surface area contributed by atoms with Gasteiger partial charge in [0, 0.05) is 68.5 Å². The summed E-state index contributed by atoms with van der Waals surface area (Å²) in [4.78, 5) is 28.4. The van der Waals surface area contributed by atoms with Crippen LogP contribution in [0.25, 0.3) is 0 Å². The van der Waals surface area contributed by atoms with Crippen LogP contribution in [-0.2, 0) is 9.59 Å². The van der Waals surface area contributed by atoms with Crippen molar-refractivity contribution in [1.82, 2.24) is 15.1 Å². The van der Waals surface area contributed by atoms with Crippen molar-refractivity contribution in [2.45, 2.75) is 51.2 Å². The molecular weight excluding hydrogens is 389 g/mol. The molecule has 8 heteroatoms. The number of alkyl halides is 2. The summed E-state index contributed by atoms with van der Waals surface area (Å²) in [5.41, 5.74) is 0. The molecule has 156 valence electrons. The van der Waals surface area contributed by atoms with Gasteiger partial charge in [-0.1, -0.05) is 0 Å². The van der Waals surface area contributed by atoms with E-state index in [0.717, 1.165) is 45.4 Å². The fourth-order valence-corrected chi connectivity index (χ4v) is 4.99. The van der Waals surface area contributed by atoms with Gasteiger partial charge in [0.25, 0.3) is 0 Å². The average molecular weight is 421 g/mol. The van der Waals surface area contributed by atoms with Gasteiger partial charge in [0.05, 0.1) is 11.9 Å². The first-order chi connectivity index (χ1) is 12.9. The molecule has 4 unspecified atom stereocenters. The molecule has 0 aromatic carbocycles. The highest BCUT2D eigenvalue weighted by molar-refractivity contribution is 6.18. The Labute approximate surface area is 172 Å². The minimum absolute atomic E-state index is 0.112. The highest BCUT2D eigenvalue weighted by atomic mass is 35.5. The predicted molar refractivity (Wildman–Crippen MR) is 106 cm³/mol. The first-order valence-electron chi connectivity index (χ1n) is 9.97. The van der Waals surface area contributed by atoms with E-state index in [-0.39, 0.29) is 30.3 Å². The van der Waals surface area contributed by atoms with Gasteiger partial charge in [0.2, 0.25) is 0 Å². The van der Waals surface area contributed by atoms with Crippen LogP contribution < -0.4 is 10.4 Å². The van der Waals surface area contributed by atoms with Crippen molar-refractivity contribution in [3.8, 4) is 0 Å². The lowest BCUT2D eigenvalue weighted by Gasteiger charge is -2.49. The summed E-state index contributed by atoms with van der Waals surface area (Å²) in [6.45, 7) is 7.79. The lowest BCUT2D eigenvalue weighted by atomic mass is 9.72. The average Bonchev–Trinajstić information content (AvgIpc) is 2.61. The van der Waals surface area contributed by atoms with Gasteiger partial charge in [0.15, 0.2) is 0 Å². The summed E-state index contributed by atoms with van der Waals surface area (Å²) >= 11 is 11.7. The number of carbonyl (C=O) groups excluding carboxylic acids is 2. The summed E-state index contributed by atoms with van der Waals surface area (Å²) in [6.07, 6.45) is 2.50. The summed E-state index contributed by atoms with van der Waals surface area (Å²) < 4.78 is 0. The second kappa shape index (κ2) is 11.0. The van der Waals surface area contributed by atoms with Crippen LogP contribution in [0.15, 0.2) is 0 Å². The first kappa shape index (κ1) is 22.9. The SMILES string of the molecule is CC(C)N1CC(C(=O)[O-])C(=O)C2CCC(NCCN(CCCl)CCCl)CC21. The van der Waals surface area contributed by atoms with E-state index in [1.54, 1.807) is 0 Å². The summed E-state index contributed by atoms with van der Waals surface area (Å²) in [5, 5.41) is 15.0. The molecule has 1 aliphatic heterocycles. The number of carboxylic acid groups (broad SMARTS) is 1. The largest absolute Gasteiger partial charge is 0.549 e. The van der Waals surface area contributed by atoms with Gasteiger partial charge < -0.3 is 15.2 Å². The Morgan fingerprint density at radius 3 is 2.48 bits per heavy atom. The fourth-order valence-electron chi connectivity index (χ4n) is 4.51. The highest BCUT2D eigenvalue weighted by Gasteiger charge is 2.46. The summed E-state index contributed by atoms with van der Waals surface area (Å²) in [5.74, 6) is -1.36. The van der Waals surface area contributed by atoms with Gasteiger partial charge in [-0.3, -0.25) is 14.6 Å². The van der Waals surface area contributed by atoms with Gasteiger partial charge in [-0.05, 0) is 33.1 Å². The molecule has 2 aliphatic rings. The number of ketones is 1. The van der Waals surface area contributed by atoms with Crippen LogP contribution >= 0.6 is 23.2 Å². The van der Waals surface area contributed by atoms with Gasteiger partial charge >= 0.3 is 0 Å². The number of fused-ring (bicyclic) bond motifs is 1. The molecule has 2 fully saturated rings. The topological polar surface area (TPSA) is 75.7 Å². The number of nitrogens with one attached hydrogen (secondary N) is 1. The minimum Gasteiger partial charge on any atom is -0.549 e. The normalized spacial score (nSPS) is 29.3. The third-order valence-corrected chi connectivity index (χ3v) is 6.29. The van der Waals surface area contributed by atoms with Crippen molar-refractivity contribution in [2.75, 3.05) is 44.5 Å². The number of carboxylic acids is 1. The monoisotopic (exact) mass is 420 g/mol. The van der Waals surface area contributed by atoms with E-state index in [2.05, 4.69) is 29.0 Å². The second-order valence-electron chi connectivity index (χ2n) is 7.92. The highest BCUT2D eigenvalue weighted by Crippen LogP contribution is 2.36. The van der Waals surface area contributed by atoms with Crippen LogP contribution in [0, 0.1) is 11.8 Å². The molecule has 1 N–H and O–H groups in total. The zero-order chi connectivity index (χ0) is 20.0. The summed E-state index contributed by atoms with van der Waals surface area (Å²) in [7, 11) is 0. The zero-order valence-corrected chi connectivity index (χ0v) is 17.8. The number of piperidine rings is 1. The molecule has 1 aliphatic carbocycles. The molecule has 0 aromatic heterocycles. The third-order valence-electron chi connectivity index (χ3n) is 5.96. The van der Waals surface area contributed by atoms with Crippen molar-refractivity contribution >= 4 is 35.0 Å². The Morgan fingerprint density at radius 1 is 1.26 bits per heavy atom. The zero-order valence-electron chi connectivity index (χ0n) is 16.3. The van der Waals surface area contributed by atoms with E-state index in [9.17, 15) is 14.7 Å². The van der Waals surface area contributed by atoms with Crippen LogP contribution in [0.4, 0.5) is 0 Å². The quantitative estimate of drug-likeness (QED) is 0.410. The van der Waals surface area contributed by atoms with Crippen LogP contribution in [0.1, 0.15) is 33.1 Å². The lowest BCUT2D eigenvalue weighted by Crippen LogP contribution is -2.62. The van der Waals surface area contributed by atoms with Crippen molar-refractivity contribution in [3.63, 3.8) is 0 Å². The number of nitrogens with zero attached hydrogens (tertiary/aromatic N) is 2. The molecule has 2 rings (SSSR count). The molecular formula is C19H32Cl2N3O3-. The standard InChI is InChI=1S/C19H33Cl2N3O3/c1-13(2)24-12-16(19(26)27)18(25)15-4-3-14(11-17(15)24)22-7-10-23(8-5-20)9-6-21/h13-17,22H,3-12H2,1-2H3,(H,26,27)/p-1. The molecule has 1 saturated carbocycles. The lowest BCUT2D eigenvalue weighted by molar-refractivity contribution is -0.311. The molecule has 0 aromatic rings. The van der Waals surface area contributed by atoms with Crippen LogP contribution in [-0.4, -0.2) is 84.2 Å². The van der Waals surface area contributed by atoms with Gasteiger partial charge in [0.1, 0.15) is 5.78 Å². The molecule has 6 nitrogen and oxygen atoms in total. The van der Waals surface area contributed by atoms with Gasteiger partial charge in [-0.2, -0.15) is 0 Å². The fraction of sp³-hybridized carbons (Fsp3) is 0.895. The van der Waals surface area contributed by atoms with E-state index in [1.165, 1.54) is 0 Å². The number of rotatable bonds is 10. The number of likely N-dealkylation sites (tertiary alicyclic amines) is 1. The van der Waals surface area contributed by atoms with Gasteiger partial charge in [-0.25, -0.2) is 0 Å². The Morgan fingerprint density at radius 2 is 1.93 bits per heavy atom. The van der Waals surface area contributed by atoms with Crippen molar-refractivity contribution < 1.29 is 14.7 Å². The molecule has 1 saturated heterocycles. The molecule has 0 bridgehead atoms. The first-order valence-corrected chi connectivity index (χ1v) is 11.0. The maximum Gasteiger partial charge on any atom is 0.147 e. The van der Waals surface area contributed by atoms with E-state index < -0.39 is 11.9 Å². The van der Waals surface area contributed by atoms with Gasteiger partial charge in [-0.15, -0.1) is 23.2 Å². The smallest absolute Gasteiger partial charge is 0.147 e. The van der Waals surface area contributed by atoms with E-state index in [4.69, 9.17) is 23.2 Å². The van der Waals surface area contributed by atoms with E-state index >= 15 is 0 Å². The molecule has 27 heavy (non-hydrogen) atoms. The third kappa shape index (κ3) is 6.04. The van der Waals surface area contributed by atoms with Crippen molar-refractivity contribution in [1.29, 1.82) is 0 Å². The maximum absolute atomic E-state index is 12.6. The van der Waals surface area contributed by atoms with E-state index in [0.29, 0.717) is 17.8 Å². The Bertz CT molecular complexity index is 501. The van der Waals surface area contributed by atoms with E-state index in [1.807, 2.05) is 0 Å². The van der Waals surface area contributed by atoms with Crippen molar-refractivity contribution in [3.05, 3.63) is 0 Å². The van der Waals surface area contributed by atoms with Crippen molar-refractivity contribution in [2.24, 2.45) is 11.8 Å². The molecule has 4 atom stereocenters. The minimum atomic E-state index is -1.23. The number of carbonyl (C=O) groups is 2. The molecule has 0 amide bonds. The molecule has 0 radical (unpaired) electrons.